The lowest BCUT2D eigenvalue weighted by molar-refractivity contribution is 0.104. The molecule has 2 aliphatic rings. The second-order valence-electron chi connectivity index (χ2n) is 8.88. The summed E-state index contributed by atoms with van der Waals surface area (Å²) >= 11 is 0. The zero-order valence-electron chi connectivity index (χ0n) is 18.5. The Hall–Kier alpha value is -4.21. The van der Waals surface area contributed by atoms with Gasteiger partial charge in [0, 0.05) is 28.2 Å². The Bertz CT molecular complexity index is 1490. The van der Waals surface area contributed by atoms with Gasteiger partial charge in [-0.25, -0.2) is 0 Å². The molecule has 5 aromatic rings. The average molecular weight is 452 g/mol. The van der Waals surface area contributed by atoms with Crippen molar-refractivity contribution in [2.24, 2.45) is 0 Å². The van der Waals surface area contributed by atoms with Gasteiger partial charge in [-0.2, -0.15) is 0 Å². The summed E-state index contributed by atoms with van der Waals surface area (Å²) in [5.41, 5.74) is 5.20. The van der Waals surface area contributed by atoms with Crippen LogP contribution in [-0.2, 0) is 0 Å². The maximum atomic E-state index is 13.7. The number of carbonyl (C=O) groups is 1. The Morgan fingerprint density at radius 1 is 0.441 bits per heavy atom. The third-order valence-electron chi connectivity index (χ3n) is 7.26. The van der Waals surface area contributed by atoms with Crippen molar-refractivity contribution in [3.63, 3.8) is 0 Å². The third kappa shape index (κ3) is 2.37. The van der Waals surface area contributed by atoms with Crippen LogP contribution in [0.1, 0.15) is 15.9 Å². The number of benzene rings is 5. The number of para-hydroxylation sites is 3. The summed E-state index contributed by atoms with van der Waals surface area (Å²) in [6.07, 6.45) is 0. The van der Waals surface area contributed by atoms with E-state index in [0.29, 0.717) is 0 Å². The molecule has 2 nitrogen and oxygen atoms in total. The zero-order valence-corrected chi connectivity index (χ0v) is 19.5. The van der Waals surface area contributed by atoms with E-state index in [-0.39, 0.29) is 5.78 Å². The molecule has 0 saturated carbocycles. The number of ketones is 1. The smallest absolute Gasteiger partial charge is 0.192 e. The first-order valence-electron chi connectivity index (χ1n) is 11.6. The molecule has 0 amide bonds. The highest BCUT2D eigenvalue weighted by molar-refractivity contribution is 7.22. The Kier molecular flexibility index (Phi) is 4.05. The van der Waals surface area contributed by atoms with Crippen molar-refractivity contribution in [1.29, 1.82) is 0 Å². The molecule has 0 aliphatic carbocycles. The second kappa shape index (κ2) is 7.14. The molecular formula is C31H21NOSi. The number of hydrogen-bond donors (Lipinski definition) is 0. The normalized spacial score (nSPS) is 14.7. The molecule has 0 fully saturated rings. The Morgan fingerprint density at radius 3 is 1.38 bits per heavy atom. The van der Waals surface area contributed by atoms with Crippen molar-refractivity contribution in [2.45, 2.75) is 0 Å². The fraction of sp³-hybridized carbons (Fsp3) is 0. The van der Waals surface area contributed by atoms with Gasteiger partial charge in [0.1, 0.15) is 0 Å². The van der Waals surface area contributed by atoms with Gasteiger partial charge in [0.2, 0.25) is 0 Å². The van der Waals surface area contributed by atoms with Crippen LogP contribution in [0.15, 0.2) is 127 Å². The van der Waals surface area contributed by atoms with E-state index in [4.69, 9.17) is 0 Å². The van der Waals surface area contributed by atoms with E-state index in [1.165, 1.54) is 32.1 Å². The number of fused-ring (bicyclic) bond motifs is 8. The van der Waals surface area contributed by atoms with E-state index in [1.54, 1.807) is 0 Å². The van der Waals surface area contributed by atoms with Gasteiger partial charge in [-0.1, -0.05) is 103 Å². The number of rotatable bonds is 1. The highest BCUT2D eigenvalue weighted by Gasteiger charge is 2.53. The summed E-state index contributed by atoms with van der Waals surface area (Å²) < 4.78 is 0. The van der Waals surface area contributed by atoms with Crippen LogP contribution in [0.3, 0.4) is 0 Å². The molecule has 0 N–H and O–H groups in total. The van der Waals surface area contributed by atoms with Crippen molar-refractivity contribution in [1.82, 2.24) is 0 Å². The van der Waals surface area contributed by atoms with Gasteiger partial charge in [0.25, 0.3) is 0 Å². The fourth-order valence-corrected chi connectivity index (χ4v) is 11.5. The van der Waals surface area contributed by atoms with E-state index >= 15 is 0 Å². The first kappa shape index (κ1) is 19.3. The quantitative estimate of drug-likeness (QED) is 0.345. The first-order valence-corrected chi connectivity index (χ1v) is 13.6. The van der Waals surface area contributed by atoms with Gasteiger partial charge in [0.15, 0.2) is 13.9 Å². The second-order valence-corrected chi connectivity index (χ2v) is 12.5. The lowest BCUT2D eigenvalue weighted by atomic mass is 10.0. The van der Waals surface area contributed by atoms with Crippen molar-refractivity contribution >= 4 is 51.7 Å². The van der Waals surface area contributed by atoms with Gasteiger partial charge in [0.05, 0.1) is 0 Å². The highest BCUT2D eigenvalue weighted by Crippen LogP contribution is 2.39. The lowest BCUT2D eigenvalue weighted by Crippen LogP contribution is -2.80. The largest absolute Gasteiger partial charge is 0.311 e. The van der Waals surface area contributed by atoms with Gasteiger partial charge in [-0.15, -0.1) is 0 Å². The van der Waals surface area contributed by atoms with E-state index in [1.807, 2.05) is 24.3 Å². The number of anilines is 3. The minimum Gasteiger partial charge on any atom is -0.311 e. The molecule has 2 heterocycles. The Morgan fingerprint density at radius 2 is 0.853 bits per heavy atom. The Balaban J connectivity index is 1.69. The van der Waals surface area contributed by atoms with Crippen LogP contribution in [0.4, 0.5) is 17.1 Å². The minimum absolute atomic E-state index is 0.129. The summed E-state index contributed by atoms with van der Waals surface area (Å²) in [5.74, 6) is 0.129. The van der Waals surface area contributed by atoms with Crippen LogP contribution in [0, 0.1) is 0 Å². The van der Waals surface area contributed by atoms with E-state index in [2.05, 4.69) is 108 Å². The molecule has 0 radical (unpaired) electrons. The van der Waals surface area contributed by atoms with Crippen molar-refractivity contribution in [3.05, 3.63) is 139 Å². The molecule has 2 aliphatic heterocycles. The van der Waals surface area contributed by atoms with Crippen LogP contribution >= 0.6 is 0 Å². The summed E-state index contributed by atoms with van der Waals surface area (Å²) in [4.78, 5) is 16.0. The van der Waals surface area contributed by atoms with Crippen molar-refractivity contribution < 1.29 is 4.79 Å². The summed E-state index contributed by atoms with van der Waals surface area (Å²) in [5, 5.41) is 5.02. The van der Waals surface area contributed by atoms with Crippen LogP contribution < -0.4 is 25.6 Å². The van der Waals surface area contributed by atoms with Crippen molar-refractivity contribution in [3.8, 4) is 0 Å². The van der Waals surface area contributed by atoms with Crippen LogP contribution in [0.25, 0.3) is 0 Å². The molecule has 5 aromatic carbocycles. The first-order chi connectivity index (χ1) is 16.8. The Labute approximate surface area is 199 Å². The SMILES string of the molecule is O=C1c2ccccc2[Si]2(c3ccccc31)c1ccccc1N(c1ccccc1)c1ccccc12. The topological polar surface area (TPSA) is 20.3 Å². The third-order valence-corrected chi connectivity index (χ3v) is 12.2. The molecule has 1 spiro atoms. The van der Waals surface area contributed by atoms with Gasteiger partial charge >= 0.3 is 0 Å². The van der Waals surface area contributed by atoms with Gasteiger partial charge < -0.3 is 4.90 Å². The maximum absolute atomic E-state index is 13.7. The summed E-state index contributed by atoms with van der Waals surface area (Å²) in [6.45, 7) is 0. The van der Waals surface area contributed by atoms with E-state index in [0.717, 1.165) is 16.8 Å². The predicted octanol–water partition coefficient (Wildman–Crippen LogP) is 4.39. The maximum Gasteiger partial charge on any atom is 0.192 e. The van der Waals surface area contributed by atoms with Crippen LogP contribution in [0.5, 0.6) is 0 Å². The molecule has 7 rings (SSSR count). The molecule has 3 heteroatoms. The predicted molar refractivity (Wildman–Crippen MR) is 142 cm³/mol. The number of nitrogens with zero attached hydrogens (tertiary/aromatic N) is 1. The summed E-state index contributed by atoms with van der Waals surface area (Å²) in [7, 11) is -2.73. The van der Waals surface area contributed by atoms with Crippen LogP contribution in [0.2, 0.25) is 0 Å². The number of carbonyl (C=O) groups excluding carboxylic acids is 1. The molecule has 0 aromatic heterocycles. The minimum atomic E-state index is -2.73. The van der Waals surface area contributed by atoms with E-state index in [9.17, 15) is 4.79 Å². The average Bonchev–Trinajstić information content (AvgIpc) is 2.91. The molecule has 160 valence electrons. The number of hydrogen-bond acceptors (Lipinski definition) is 2. The lowest BCUT2D eigenvalue weighted by Gasteiger charge is -2.47. The molecule has 0 unspecified atom stereocenters. The van der Waals surface area contributed by atoms with Gasteiger partial charge in [-0.3, -0.25) is 4.79 Å². The molecule has 0 bridgehead atoms. The highest BCUT2D eigenvalue weighted by atomic mass is 28.3. The zero-order chi connectivity index (χ0) is 22.7. The molecule has 34 heavy (non-hydrogen) atoms. The monoisotopic (exact) mass is 451 g/mol. The van der Waals surface area contributed by atoms with E-state index < -0.39 is 8.07 Å². The molecule has 0 atom stereocenters. The molecular weight excluding hydrogens is 430 g/mol. The van der Waals surface area contributed by atoms with Crippen LogP contribution in [-0.4, -0.2) is 13.9 Å². The summed E-state index contributed by atoms with van der Waals surface area (Å²) in [6, 6.07) is 44.7. The standard InChI is InChI=1S/C31H21NOSi/c33-31-23-14-4-8-18-27(23)34(28-19-9-5-15-24(28)31)29-20-10-6-16-25(29)32(22-12-2-1-3-13-22)26-17-7-11-21-30(26)34/h1-21H. The van der Waals surface area contributed by atoms with Crippen molar-refractivity contribution in [2.75, 3.05) is 4.90 Å². The molecule has 0 saturated heterocycles. The fourth-order valence-electron chi connectivity index (χ4n) is 5.99. The van der Waals surface area contributed by atoms with Gasteiger partial charge in [-0.05, 0) is 45.0 Å².